The lowest BCUT2D eigenvalue weighted by atomic mass is 10.1. The fraction of sp³-hybridized carbons (Fsp3) is 0.450. The number of carbonyl (C=O) groups excluding carboxylic acids is 1. The average molecular weight is 383 g/mol. The Morgan fingerprint density at radius 1 is 1.25 bits per heavy atom. The number of aromatic nitrogens is 2. The van der Waals surface area contributed by atoms with Crippen LogP contribution in [0.5, 0.6) is 5.75 Å². The summed E-state index contributed by atoms with van der Waals surface area (Å²) >= 11 is 0. The number of ether oxygens (including phenoxy) is 1. The molecule has 1 saturated heterocycles. The summed E-state index contributed by atoms with van der Waals surface area (Å²) in [6, 6.07) is 9.15. The number of para-hydroxylation sites is 1. The van der Waals surface area contributed by atoms with Gasteiger partial charge in [-0.15, -0.1) is 10.2 Å². The van der Waals surface area contributed by atoms with Gasteiger partial charge in [0, 0.05) is 31.7 Å². The van der Waals surface area contributed by atoms with Crippen LogP contribution in [0.3, 0.4) is 0 Å². The number of benzene rings is 1. The first-order valence-electron chi connectivity index (χ1n) is 9.46. The number of rotatable bonds is 1. The highest BCUT2D eigenvalue weighted by molar-refractivity contribution is 5.77. The van der Waals surface area contributed by atoms with E-state index in [0.29, 0.717) is 37.4 Å². The number of carbonyl (C=O) groups is 1. The van der Waals surface area contributed by atoms with Crippen molar-refractivity contribution in [1.82, 2.24) is 15.1 Å². The van der Waals surface area contributed by atoms with Crippen LogP contribution in [-0.4, -0.2) is 64.1 Å². The first-order chi connectivity index (χ1) is 13.3. The molecule has 3 heterocycles. The van der Waals surface area contributed by atoms with Gasteiger partial charge >= 0.3 is 6.09 Å². The lowest BCUT2D eigenvalue weighted by Gasteiger charge is -2.45. The van der Waals surface area contributed by atoms with Crippen LogP contribution in [0.4, 0.5) is 16.3 Å². The third-order valence-corrected chi connectivity index (χ3v) is 4.90. The van der Waals surface area contributed by atoms with Gasteiger partial charge in [-0.1, -0.05) is 12.1 Å². The van der Waals surface area contributed by atoms with E-state index in [1.54, 1.807) is 17.0 Å². The van der Waals surface area contributed by atoms with E-state index in [0.717, 1.165) is 11.5 Å². The van der Waals surface area contributed by atoms with Crippen molar-refractivity contribution in [3.05, 3.63) is 30.3 Å². The van der Waals surface area contributed by atoms with Crippen molar-refractivity contribution in [3.8, 4) is 17.0 Å². The first kappa shape index (κ1) is 18.3. The quantitative estimate of drug-likeness (QED) is 0.782. The Balaban J connectivity index is 1.56. The van der Waals surface area contributed by atoms with Gasteiger partial charge < -0.3 is 25.0 Å². The molecule has 0 bridgehead atoms. The molecule has 1 atom stereocenters. The Hall–Kier alpha value is -3.03. The molecule has 2 aliphatic rings. The largest absolute Gasteiger partial charge is 0.507 e. The van der Waals surface area contributed by atoms with E-state index < -0.39 is 5.60 Å². The van der Waals surface area contributed by atoms with Crippen LogP contribution in [0, 0.1) is 0 Å². The van der Waals surface area contributed by atoms with Crippen LogP contribution in [0.25, 0.3) is 11.3 Å². The van der Waals surface area contributed by atoms with Gasteiger partial charge in [0.15, 0.2) is 5.82 Å². The summed E-state index contributed by atoms with van der Waals surface area (Å²) in [5.74, 6) is 0.896. The smallest absolute Gasteiger partial charge is 0.410 e. The van der Waals surface area contributed by atoms with E-state index in [1.165, 1.54) is 0 Å². The van der Waals surface area contributed by atoms with Gasteiger partial charge in [-0.25, -0.2) is 4.79 Å². The van der Waals surface area contributed by atoms with E-state index >= 15 is 0 Å². The van der Waals surface area contributed by atoms with Crippen LogP contribution in [-0.2, 0) is 4.74 Å². The number of hydrogen-bond acceptors (Lipinski definition) is 7. The van der Waals surface area contributed by atoms with Crippen molar-refractivity contribution in [1.29, 1.82) is 0 Å². The molecule has 0 radical (unpaired) electrons. The predicted octanol–water partition coefficient (Wildman–Crippen LogP) is 2.70. The molecule has 28 heavy (non-hydrogen) atoms. The molecule has 0 spiro atoms. The summed E-state index contributed by atoms with van der Waals surface area (Å²) in [6.45, 7) is 8.15. The number of fused-ring (bicyclic) bond motifs is 3. The number of phenolic OH excluding ortho intramolecular Hbond substituents is 1. The molecule has 1 fully saturated rings. The van der Waals surface area contributed by atoms with Gasteiger partial charge in [-0.05, 0) is 39.0 Å². The molecule has 2 aliphatic heterocycles. The van der Waals surface area contributed by atoms with Crippen LogP contribution in [0.1, 0.15) is 20.8 Å². The second-order valence-electron chi connectivity index (χ2n) is 8.14. The van der Waals surface area contributed by atoms with Gasteiger partial charge in [0.25, 0.3) is 0 Å². The molecule has 8 nitrogen and oxygen atoms in total. The topological polar surface area (TPSA) is 90.8 Å². The van der Waals surface area contributed by atoms with Crippen LogP contribution in [0.2, 0.25) is 0 Å². The van der Waals surface area contributed by atoms with Crippen molar-refractivity contribution in [3.63, 3.8) is 0 Å². The number of anilines is 2. The van der Waals surface area contributed by atoms with E-state index in [4.69, 9.17) is 4.74 Å². The summed E-state index contributed by atoms with van der Waals surface area (Å²) in [5, 5.41) is 22.0. The molecule has 0 aliphatic carbocycles. The van der Waals surface area contributed by atoms with Crippen molar-refractivity contribution in [2.24, 2.45) is 0 Å². The van der Waals surface area contributed by atoms with Crippen molar-refractivity contribution in [2.75, 3.05) is 36.4 Å². The molecule has 1 aromatic carbocycles. The van der Waals surface area contributed by atoms with Gasteiger partial charge in [0.1, 0.15) is 11.4 Å². The summed E-state index contributed by atoms with van der Waals surface area (Å²) in [5.41, 5.74) is 1.70. The van der Waals surface area contributed by atoms with Gasteiger partial charge in [-0.2, -0.15) is 0 Å². The van der Waals surface area contributed by atoms with Crippen LogP contribution >= 0.6 is 0 Å². The van der Waals surface area contributed by atoms with Gasteiger partial charge in [0.05, 0.1) is 17.4 Å². The maximum absolute atomic E-state index is 12.4. The summed E-state index contributed by atoms with van der Waals surface area (Å²) in [6.07, 6.45) is -0.277. The highest BCUT2D eigenvalue weighted by Crippen LogP contribution is 2.36. The number of piperazine rings is 1. The molecular weight excluding hydrogens is 358 g/mol. The molecule has 1 unspecified atom stereocenters. The standard InChI is InChI=1S/C20H25N5O3/c1-20(2,3)28-19(27)24-8-9-25-13(12-24)11-21-18-16(25)10-15(22-23-18)14-6-4-5-7-17(14)26/h4-7,10,13,26H,8-9,11-12H2,1-3H3,(H,21,23). The minimum absolute atomic E-state index is 0.121. The Morgan fingerprint density at radius 3 is 2.79 bits per heavy atom. The Bertz CT molecular complexity index is 896. The Labute approximate surface area is 164 Å². The third kappa shape index (κ3) is 3.54. The van der Waals surface area contributed by atoms with E-state index in [1.807, 2.05) is 39.0 Å². The number of nitrogens with one attached hydrogen (secondary N) is 1. The zero-order valence-electron chi connectivity index (χ0n) is 16.3. The van der Waals surface area contributed by atoms with E-state index in [9.17, 15) is 9.90 Å². The van der Waals surface area contributed by atoms with E-state index in [2.05, 4.69) is 20.4 Å². The predicted molar refractivity (Wildman–Crippen MR) is 107 cm³/mol. The fourth-order valence-electron chi connectivity index (χ4n) is 3.60. The second kappa shape index (κ2) is 6.85. The SMILES string of the molecule is CC(C)(C)OC(=O)N1CCN2c3cc(-c4ccccc4O)nnc3NCC2C1. The van der Waals surface area contributed by atoms with E-state index in [-0.39, 0.29) is 17.9 Å². The minimum Gasteiger partial charge on any atom is -0.507 e. The Kier molecular flexibility index (Phi) is 4.49. The maximum Gasteiger partial charge on any atom is 0.410 e. The molecular formula is C20H25N5O3. The Morgan fingerprint density at radius 2 is 2.04 bits per heavy atom. The summed E-state index contributed by atoms with van der Waals surface area (Å²) in [7, 11) is 0. The molecule has 0 saturated carbocycles. The normalized spacial score (nSPS) is 18.8. The van der Waals surface area contributed by atoms with Crippen molar-refractivity contribution < 1.29 is 14.6 Å². The fourth-order valence-corrected chi connectivity index (χ4v) is 3.60. The monoisotopic (exact) mass is 383 g/mol. The lowest BCUT2D eigenvalue weighted by Crippen LogP contribution is -2.59. The third-order valence-electron chi connectivity index (χ3n) is 4.90. The summed E-state index contributed by atoms with van der Waals surface area (Å²) in [4.78, 5) is 16.4. The molecule has 8 heteroatoms. The molecule has 1 amide bonds. The second-order valence-corrected chi connectivity index (χ2v) is 8.14. The van der Waals surface area contributed by atoms with Gasteiger partial charge in [-0.3, -0.25) is 0 Å². The first-order valence-corrected chi connectivity index (χ1v) is 9.46. The summed E-state index contributed by atoms with van der Waals surface area (Å²) < 4.78 is 5.51. The minimum atomic E-state index is -0.506. The van der Waals surface area contributed by atoms with Gasteiger partial charge in [0.2, 0.25) is 0 Å². The molecule has 2 N–H and O–H groups in total. The van der Waals surface area contributed by atoms with Crippen molar-refractivity contribution in [2.45, 2.75) is 32.4 Å². The lowest BCUT2D eigenvalue weighted by molar-refractivity contribution is 0.0216. The maximum atomic E-state index is 12.4. The van der Waals surface area contributed by atoms with Crippen molar-refractivity contribution >= 4 is 17.6 Å². The number of phenols is 1. The van der Waals surface area contributed by atoms with Crippen LogP contribution in [0.15, 0.2) is 30.3 Å². The zero-order chi connectivity index (χ0) is 19.9. The number of nitrogens with zero attached hydrogens (tertiary/aromatic N) is 4. The molecule has 4 rings (SSSR count). The highest BCUT2D eigenvalue weighted by atomic mass is 16.6. The molecule has 2 aromatic rings. The number of hydrogen-bond donors (Lipinski definition) is 2. The molecule has 1 aromatic heterocycles. The number of amides is 1. The zero-order valence-corrected chi connectivity index (χ0v) is 16.3. The number of aromatic hydroxyl groups is 1. The van der Waals surface area contributed by atoms with Crippen LogP contribution < -0.4 is 10.2 Å². The molecule has 148 valence electrons. The average Bonchev–Trinajstić information content (AvgIpc) is 2.66. The highest BCUT2D eigenvalue weighted by Gasteiger charge is 2.36.